The number of hydrogen-bond acceptors (Lipinski definition) is 2. The predicted octanol–water partition coefficient (Wildman–Crippen LogP) is 2.55. The van der Waals surface area contributed by atoms with Crippen molar-refractivity contribution in [2.75, 3.05) is 13.1 Å². The van der Waals surface area contributed by atoms with Crippen LogP contribution in [0.2, 0.25) is 5.02 Å². The number of benzene rings is 2. The van der Waals surface area contributed by atoms with E-state index in [0.29, 0.717) is 31.0 Å². The quantitative estimate of drug-likeness (QED) is 0.777. The van der Waals surface area contributed by atoms with E-state index in [9.17, 15) is 8.42 Å². The highest BCUT2D eigenvalue weighted by atomic mass is 35.5. The lowest BCUT2D eigenvalue weighted by atomic mass is 10.1. The summed E-state index contributed by atoms with van der Waals surface area (Å²) in [6.45, 7) is 0.676. The Kier molecular flexibility index (Phi) is 6.39. The minimum Gasteiger partial charge on any atom is -0.202 e. The van der Waals surface area contributed by atoms with Gasteiger partial charge >= 0.3 is 0 Å². The summed E-state index contributed by atoms with van der Waals surface area (Å²) in [6, 6.07) is 17.2. The third-order valence-electron chi connectivity index (χ3n) is 3.19. The SMILES string of the molecule is O=S(=O)(NCCc1ccccc1)NCCc1ccccc1Cl. The molecule has 0 amide bonds. The highest BCUT2D eigenvalue weighted by Crippen LogP contribution is 2.14. The summed E-state index contributed by atoms with van der Waals surface area (Å²) in [5.41, 5.74) is 2.03. The Morgan fingerprint density at radius 3 is 2.09 bits per heavy atom. The van der Waals surface area contributed by atoms with Gasteiger partial charge < -0.3 is 0 Å². The van der Waals surface area contributed by atoms with Gasteiger partial charge in [-0.15, -0.1) is 0 Å². The minimum absolute atomic E-state index is 0.310. The first kappa shape index (κ1) is 17.0. The Labute approximate surface area is 136 Å². The Morgan fingerprint density at radius 1 is 0.818 bits per heavy atom. The molecular formula is C16H19ClN2O2S. The van der Waals surface area contributed by atoms with E-state index in [1.54, 1.807) is 6.07 Å². The lowest BCUT2D eigenvalue weighted by Gasteiger charge is -2.09. The molecule has 6 heteroatoms. The van der Waals surface area contributed by atoms with Gasteiger partial charge in [-0.2, -0.15) is 8.42 Å². The van der Waals surface area contributed by atoms with Crippen molar-refractivity contribution in [3.63, 3.8) is 0 Å². The molecule has 4 nitrogen and oxygen atoms in total. The second-order valence-corrected chi connectivity index (χ2v) is 6.86. The zero-order chi connectivity index (χ0) is 15.8. The van der Waals surface area contributed by atoms with Gasteiger partial charge in [0.25, 0.3) is 10.2 Å². The first-order valence-corrected chi connectivity index (χ1v) is 8.94. The molecule has 2 rings (SSSR count). The fraction of sp³-hybridized carbons (Fsp3) is 0.250. The molecule has 2 N–H and O–H groups in total. The molecule has 0 aliphatic carbocycles. The fourth-order valence-electron chi connectivity index (χ4n) is 2.05. The summed E-state index contributed by atoms with van der Waals surface area (Å²) in [4.78, 5) is 0. The zero-order valence-corrected chi connectivity index (χ0v) is 13.7. The Hall–Kier alpha value is -1.40. The molecule has 0 radical (unpaired) electrons. The van der Waals surface area contributed by atoms with E-state index < -0.39 is 10.2 Å². The van der Waals surface area contributed by atoms with Gasteiger partial charge in [-0.3, -0.25) is 0 Å². The molecule has 0 atom stereocenters. The van der Waals surface area contributed by atoms with Crippen LogP contribution in [0.3, 0.4) is 0 Å². The van der Waals surface area contributed by atoms with E-state index >= 15 is 0 Å². The summed E-state index contributed by atoms with van der Waals surface area (Å²) >= 11 is 6.03. The van der Waals surface area contributed by atoms with E-state index in [4.69, 9.17) is 11.6 Å². The molecule has 22 heavy (non-hydrogen) atoms. The molecule has 2 aromatic carbocycles. The summed E-state index contributed by atoms with van der Waals surface area (Å²) in [7, 11) is -3.48. The largest absolute Gasteiger partial charge is 0.276 e. The van der Waals surface area contributed by atoms with Crippen molar-refractivity contribution in [2.45, 2.75) is 12.8 Å². The van der Waals surface area contributed by atoms with Crippen LogP contribution in [0.1, 0.15) is 11.1 Å². The molecule has 118 valence electrons. The van der Waals surface area contributed by atoms with Crippen molar-refractivity contribution in [1.29, 1.82) is 0 Å². The predicted molar refractivity (Wildman–Crippen MR) is 90.2 cm³/mol. The van der Waals surface area contributed by atoms with Crippen LogP contribution in [0.15, 0.2) is 54.6 Å². The van der Waals surface area contributed by atoms with Crippen molar-refractivity contribution in [3.8, 4) is 0 Å². The van der Waals surface area contributed by atoms with Gasteiger partial charge in [0.1, 0.15) is 0 Å². The van der Waals surface area contributed by atoms with Crippen molar-refractivity contribution in [2.24, 2.45) is 0 Å². The maximum absolute atomic E-state index is 11.8. The van der Waals surface area contributed by atoms with Crippen LogP contribution in [0.4, 0.5) is 0 Å². The van der Waals surface area contributed by atoms with Gasteiger partial charge in [-0.25, -0.2) is 9.44 Å². The number of halogens is 1. The number of hydrogen-bond donors (Lipinski definition) is 2. The van der Waals surface area contributed by atoms with E-state index in [2.05, 4.69) is 9.44 Å². The summed E-state index contributed by atoms with van der Waals surface area (Å²) in [5.74, 6) is 0. The summed E-state index contributed by atoms with van der Waals surface area (Å²) in [6.07, 6.45) is 1.21. The van der Waals surface area contributed by atoms with Crippen LogP contribution in [-0.2, 0) is 23.1 Å². The van der Waals surface area contributed by atoms with Crippen molar-refractivity contribution < 1.29 is 8.42 Å². The standard InChI is InChI=1S/C16H19ClN2O2S/c17-16-9-5-4-8-15(16)11-13-19-22(20,21)18-12-10-14-6-2-1-3-7-14/h1-9,18-19H,10-13H2. The Balaban J connectivity index is 1.73. The third kappa shape index (κ3) is 5.77. The molecule has 0 aliphatic rings. The molecule has 0 fully saturated rings. The molecule has 0 saturated heterocycles. The highest BCUT2D eigenvalue weighted by molar-refractivity contribution is 7.87. The molecule has 2 aromatic rings. The Morgan fingerprint density at radius 2 is 1.41 bits per heavy atom. The molecule has 0 heterocycles. The number of rotatable bonds is 8. The summed E-state index contributed by atoms with van der Waals surface area (Å²) < 4.78 is 28.7. The topological polar surface area (TPSA) is 58.2 Å². The normalized spacial score (nSPS) is 11.5. The summed E-state index contributed by atoms with van der Waals surface area (Å²) in [5, 5.41) is 0.652. The highest BCUT2D eigenvalue weighted by Gasteiger charge is 2.08. The first-order valence-electron chi connectivity index (χ1n) is 7.08. The molecule has 0 bridgehead atoms. The Bertz CT molecular complexity index is 690. The van der Waals surface area contributed by atoms with E-state index in [0.717, 1.165) is 11.1 Å². The van der Waals surface area contributed by atoms with Crippen LogP contribution >= 0.6 is 11.6 Å². The molecule has 0 aliphatic heterocycles. The van der Waals surface area contributed by atoms with Crippen LogP contribution in [0, 0.1) is 0 Å². The van der Waals surface area contributed by atoms with Gasteiger partial charge in [0.2, 0.25) is 0 Å². The second kappa shape index (κ2) is 8.29. The lowest BCUT2D eigenvalue weighted by molar-refractivity contribution is 0.566. The van der Waals surface area contributed by atoms with E-state index in [1.807, 2.05) is 48.5 Å². The molecule has 0 aromatic heterocycles. The monoisotopic (exact) mass is 338 g/mol. The van der Waals surface area contributed by atoms with Crippen molar-refractivity contribution in [3.05, 3.63) is 70.7 Å². The van der Waals surface area contributed by atoms with Gasteiger partial charge in [-0.05, 0) is 30.0 Å². The zero-order valence-electron chi connectivity index (χ0n) is 12.1. The van der Waals surface area contributed by atoms with Crippen LogP contribution in [-0.4, -0.2) is 21.5 Å². The van der Waals surface area contributed by atoms with Crippen molar-refractivity contribution >= 4 is 21.8 Å². The molecule has 0 saturated carbocycles. The van der Waals surface area contributed by atoms with Crippen LogP contribution in [0.5, 0.6) is 0 Å². The minimum atomic E-state index is -3.48. The van der Waals surface area contributed by atoms with Crippen LogP contribution in [0.25, 0.3) is 0 Å². The molecule has 0 unspecified atom stereocenters. The van der Waals surface area contributed by atoms with Gasteiger partial charge in [0.05, 0.1) is 0 Å². The first-order chi connectivity index (χ1) is 10.6. The van der Waals surface area contributed by atoms with Crippen LogP contribution < -0.4 is 9.44 Å². The van der Waals surface area contributed by atoms with E-state index in [-0.39, 0.29) is 0 Å². The second-order valence-electron chi connectivity index (χ2n) is 4.87. The van der Waals surface area contributed by atoms with E-state index in [1.165, 1.54) is 0 Å². The maximum atomic E-state index is 11.8. The smallest absolute Gasteiger partial charge is 0.202 e. The van der Waals surface area contributed by atoms with Crippen molar-refractivity contribution in [1.82, 2.24) is 9.44 Å². The van der Waals surface area contributed by atoms with Gasteiger partial charge in [0.15, 0.2) is 0 Å². The molecule has 0 spiro atoms. The average molecular weight is 339 g/mol. The average Bonchev–Trinajstić information content (AvgIpc) is 2.50. The lowest BCUT2D eigenvalue weighted by Crippen LogP contribution is -2.38. The van der Waals surface area contributed by atoms with Gasteiger partial charge in [0, 0.05) is 18.1 Å². The maximum Gasteiger partial charge on any atom is 0.276 e. The fourth-order valence-corrected chi connectivity index (χ4v) is 3.12. The van der Waals surface area contributed by atoms with Gasteiger partial charge in [-0.1, -0.05) is 60.1 Å². The molecular weight excluding hydrogens is 320 g/mol. The third-order valence-corrected chi connectivity index (χ3v) is 4.73. The number of nitrogens with one attached hydrogen (secondary N) is 2.